The second kappa shape index (κ2) is 6.66. The summed E-state index contributed by atoms with van der Waals surface area (Å²) in [4.78, 5) is 15.7. The van der Waals surface area contributed by atoms with Crippen molar-refractivity contribution in [1.29, 1.82) is 0 Å². The minimum atomic E-state index is -0.657. The quantitative estimate of drug-likeness (QED) is 0.848. The molecule has 1 aromatic carbocycles. The summed E-state index contributed by atoms with van der Waals surface area (Å²) in [6.45, 7) is 0. The molecule has 116 valence electrons. The molecule has 0 aliphatic rings. The van der Waals surface area contributed by atoms with Gasteiger partial charge in [-0.2, -0.15) is 4.98 Å². The number of hydrogen-bond donors (Lipinski definition) is 1. The maximum absolute atomic E-state index is 11.8. The van der Waals surface area contributed by atoms with Gasteiger partial charge in [0.1, 0.15) is 17.1 Å². The van der Waals surface area contributed by atoms with Crippen molar-refractivity contribution >= 4 is 18.1 Å². The number of phenolic OH excluding ortho intramolecular Hbond substituents is 1. The number of benzene rings is 1. The van der Waals surface area contributed by atoms with Gasteiger partial charge >= 0.3 is 12.0 Å². The van der Waals surface area contributed by atoms with Crippen molar-refractivity contribution in [3.05, 3.63) is 35.2 Å². The Labute approximate surface area is 126 Å². The molecule has 0 aliphatic heterocycles. The van der Waals surface area contributed by atoms with E-state index in [2.05, 4.69) is 9.72 Å². The summed E-state index contributed by atoms with van der Waals surface area (Å²) in [6, 6.07) is 2.93. The van der Waals surface area contributed by atoms with Crippen LogP contribution >= 0.6 is 0 Å². The fourth-order valence-electron chi connectivity index (χ4n) is 1.81. The second-order valence-electron chi connectivity index (χ2n) is 4.17. The Hall–Kier alpha value is -2.96. The van der Waals surface area contributed by atoms with Crippen LogP contribution in [0.3, 0.4) is 0 Å². The van der Waals surface area contributed by atoms with Gasteiger partial charge in [0, 0.05) is 6.07 Å². The van der Waals surface area contributed by atoms with Gasteiger partial charge in [0.15, 0.2) is 5.76 Å². The van der Waals surface area contributed by atoms with Crippen LogP contribution in [0.2, 0.25) is 0 Å². The Morgan fingerprint density at radius 1 is 1.23 bits per heavy atom. The van der Waals surface area contributed by atoms with E-state index in [4.69, 9.17) is 13.9 Å². The lowest BCUT2D eigenvalue weighted by atomic mass is 10.0. The molecule has 0 radical (unpaired) electrons. The normalized spacial score (nSPS) is 10.7. The van der Waals surface area contributed by atoms with Crippen molar-refractivity contribution in [3.8, 4) is 17.6 Å². The number of hydrogen-bond acceptors (Lipinski definition) is 7. The van der Waals surface area contributed by atoms with Gasteiger partial charge in [-0.1, -0.05) is 6.08 Å². The molecule has 22 heavy (non-hydrogen) atoms. The van der Waals surface area contributed by atoms with E-state index >= 15 is 0 Å². The zero-order valence-corrected chi connectivity index (χ0v) is 12.3. The van der Waals surface area contributed by atoms with Gasteiger partial charge in [0.05, 0.1) is 27.5 Å². The molecule has 7 nitrogen and oxygen atoms in total. The first-order valence-corrected chi connectivity index (χ1v) is 6.26. The summed E-state index contributed by atoms with van der Waals surface area (Å²) in [6.07, 6.45) is 4.75. The summed E-state index contributed by atoms with van der Waals surface area (Å²) in [5.41, 5.74) is 0.449. The van der Waals surface area contributed by atoms with Gasteiger partial charge in [-0.05, 0) is 17.7 Å². The molecule has 0 amide bonds. The summed E-state index contributed by atoms with van der Waals surface area (Å²) >= 11 is 0. The predicted molar refractivity (Wildman–Crippen MR) is 78.0 cm³/mol. The third-order valence-corrected chi connectivity index (χ3v) is 2.85. The van der Waals surface area contributed by atoms with Gasteiger partial charge in [0.2, 0.25) is 0 Å². The predicted octanol–water partition coefficient (Wildman–Crippen LogP) is 2.35. The van der Waals surface area contributed by atoms with Crippen LogP contribution < -0.4 is 9.47 Å². The van der Waals surface area contributed by atoms with Gasteiger partial charge < -0.3 is 23.7 Å². The highest BCUT2D eigenvalue weighted by Crippen LogP contribution is 2.30. The first kappa shape index (κ1) is 15.4. The minimum absolute atomic E-state index is 0.0334. The fourth-order valence-corrected chi connectivity index (χ4v) is 1.81. The Kier molecular flexibility index (Phi) is 4.67. The number of methoxy groups -OCH3 is 3. The first-order chi connectivity index (χ1) is 10.6. The molecule has 2 aromatic rings. The standard InChI is InChI=1S/C15H15NO6/c1-19-11-6-9(13(12(17)7-11)14(18)20-2)4-5-10-8-16-15(21-3)22-10/h4-8,17H,1-3H3/b5-4+. The van der Waals surface area contributed by atoms with E-state index < -0.39 is 5.97 Å². The van der Waals surface area contributed by atoms with Crippen LogP contribution in [-0.4, -0.2) is 37.4 Å². The Balaban J connectivity index is 2.43. The van der Waals surface area contributed by atoms with Gasteiger partial charge in [0.25, 0.3) is 0 Å². The fraction of sp³-hybridized carbons (Fsp3) is 0.200. The number of carbonyl (C=O) groups is 1. The zero-order chi connectivity index (χ0) is 16.1. The third-order valence-electron chi connectivity index (χ3n) is 2.85. The molecule has 0 aliphatic carbocycles. The van der Waals surface area contributed by atoms with E-state index in [9.17, 15) is 9.90 Å². The second-order valence-corrected chi connectivity index (χ2v) is 4.17. The van der Waals surface area contributed by atoms with Crippen molar-refractivity contribution in [1.82, 2.24) is 4.98 Å². The number of aromatic nitrogens is 1. The number of esters is 1. The molecule has 0 atom stereocenters. The monoisotopic (exact) mass is 305 g/mol. The third kappa shape index (κ3) is 3.20. The molecule has 0 saturated carbocycles. The van der Waals surface area contributed by atoms with Crippen molar-refractivity contribution in [3.63, 3.8) is 0 Å². The summed E-state index contributed by atoms with van der Waals surface area (Å²) < 4.78 is 19.8. The molecule has 1 heterocycles. The molecule has 0 fully saturated rings. The smallest absolute Gasteiger partial charge is 0.393 e. The minimum Gasteiger partial charge on any atom is -0.507 e. The van der Waals surface area contributed by atoms with E-state index in [1.165, 1.54) is 33.6 Å². The van der Waals surface area contributed by atoms with Crippen LogP contribution in [0.25, 0.3) is 12.2 Å². The van der Waals surface area contributed by atoms with Crippen LogP contribution in [0, 0.1) is 0 Å². The number of carbonyl (C=O) groups excluding carboxylic acids is 1. The lowest BCUT2D eigenvalue weighted by Crippen LogP contribution is -2.04. The molecular formula is C15H15NO6. The topological polar surface area (TPSA) is 91.0 Å². The lowest BCUT2D eigenvalue weighted by Gasteiger charge is -2.09. The highest BCUT2D eigenvalue weighted by Gasteiger charge is 2.17. The van der Waals surface area contributed by atoms with E-state index in [0.717, 1.165) is 0 Å². The number of phenols is 1. The molecule has 2 rings (SSSR count). The van der Waals surface area contributed by atoms with Crippen LogP contribution in [-0.2, 0) is 4.74 Å². The molecule has 1 aromatic heterocycles. The molecular weight excluding hydrogens is 290 g/mol. The van der Waals surface area contributed by atoms with Crippen molar-refractivity contribution in [2.75, 3.05) is 21.3 Å². The maximum Gasteiger partial charge on any atom is 0.393 e. The van der Waals surface area contributed by atoms with E-state index in [1.54, 1.807) is 18.2 Å². The SMILES string of the molecule is COC(=O)c1c(O)cc(OC)cc1/C=C/c1cnc(OC)o1. The molecule has 1 N–H and O–H groups in total. The van der Waals surface area contributed by atoms with Crippen LogP contribution in [0.4, 0.5) is 0 Å². The number of nitrogens with zero attached hydrogens (tertiary/aromatic N) is 1. The largest absolute Gasteiger partial charge is 0.507 e. The number of aromatic hydroxyl groups is 1. The lowest BCUT2D eigenvalue weighted by molar-refractivity contribution is 0.0597. The molecule has 0 spiro atoms. The van der Waals surface area contributed by atoms with Crippen molar-refractivity contribution in [2.24, 2.45) is 0 Å². The average Bonchev–Trinajstić information content (AvgIpc) is 2.99. The summed E-state index contributed by atoms with van der Waals surface area (Å²) in [5.74, 6) is -0.0640. The van der Waals surface area contributed by atoms with Crippen molar-refractivity contribution in [2.45, 2.75) is 0 Å². The molecule has 0 bridgehead atoms. The van der Waals surface area contributed by atoms with Gasteiger partial charge in [-0.15, -0.1) is 0 Å². The zero-order valence-electron chi connectivity index (χ0n) is 12.3. The highest BCUT2D eigenvalue weighted by molar-refractivity contribution is 5.97. The Morgan fingerprint density at radius 2 is 2.00 bits per heavy atom. The number of rotatable bonds is 5. The maximum atomic E-state index is 11.8. The van der Waals surface area contributed by atoms with Crippen LogP contribution in [0.15, 0.2) is 22.7 Å². The van der Waals surface area contributed by atoms with Gasteiger partial charge in [-0.25, -0.2) is 4.79 Å². The van der Waals surface area contributed by atoms with Crippen LogP contribution in [0.1, 0.15) is 21.7 Å². The Bertz CT molecular complexity index is 704. The summed E-state index contributed by atoms with van der Waals surface area (Å²) in [7, 11) is 4.14. The average molecular weight is 305 g/mol. The summed E-state index contributed by atoms with van der Waals surface area (Å²) in [5, 5.41) is 9.97. The van der Waals surface area contributed by atoms with Crippen LogP contribution in [0.5, 0.6) is 17.6 Å². The van der Waals surface area contributed by atoms with E-state index in [0.29, 0.717) is 17.1 Å². The highest BCUT2D eigenvalue weighted by atomic mass is 16.6. The Morgan fingerprint density at radius 3 is 2.59 bits per heavy atom. The van der Waals surface area contributed by atoms with E-state index in [1.807, 2.05) is 0 Å². The van der Waals surface area contributed by atoms with Gasteiger partial charge in [-0.3, -0.25) is 0 Å². The van der Waals surface area contributed by atoms with Crippen molar-refractivity contribution < 1.29 is 28.5 Å². The molecule has 0 saturated heterocycles. The first-order valence-electron chi connectivity index (χ1n) is 6.26. The number of ether oxygens (including phenoxy) is 3. The number of oxazole rings is 1. The molecule has 7 heteroatoms. The molecule has 0 unspecified atom stereocenters. The van der Waals surface area contributed by atoms with E-state index in [-0.39, 0.29) is 17.4 Å².